The summed E-state index contributed by atoms with van der Waals surface area (Å²) in [5, 5.41) is 10.7. The second-order valence-electron chi connectivity index (χ2n) is 3.82. The summed E-state index contributed by atoms with van der Waals surface area (Å²) in [4.78, 5) is 17.0. The maximum Gasteiger partial charge on any atom is 0.365 e. The van der Waals surface area contributed by atoms with Gasteiger partial charge in [0.1, 0.15) is 0 Å². The number of aromatic nitrogens is 1. The van der Waals surface area contributed by atoms with Gasteiger partial charge in [0.25, 0.3) is 0 Å². The number of hydrogen-bond acceptors (Lipinski definition) is 5. The van der Waals surface area contributed by atoms with Crippen LogP contribution >= 0.6 is 11.3 Å². The first kappa shape index (κ1) is 14.1. The highest BCUT2D eigenvalue weighted by atomic mass is 32.1. The monoisotopic (exact) mass is 258 g/mol. The predicted octanol–water partition coefficient (Wildman–Crippen LogP) is 1.70. The molecule has 1 aromatic heterocycles. The van der Waals surface area contributed by atoms with E-state index < -0.39 is 5.97 Å². The second-order valence-corrected chi connectivity index (χ2v) is 4.67. The van der Waals surface area contributed by atoms with Crippen LogP contribution in [0.5, 0.6) is 0 Å². The molecule has 0 aliphatic heterocycles. The van der Waals surface area contributed by atoms with Gasteiger partial charge in [0.05, 0.1) is 12.3 Å². The van der Waals surface area contributed by atoms with Gasteiger partial charge in [-0.05, 0) is 13.5 Å². The van der Waals surface area contributed by atoms with E-state index in [9.17, 15) is 4.79 Å². The number of rotatable bonds is 7. The lowest BCUT2D eigenvalue weighted by Crippen LogP contribution is -2.35. The van der Waals surface area contributed by atoms with E-state index in [0.717, 1.165) is 12.2 Å². The maximum atomic E-state index is 10.7. The summed E-state index contributed by atoms with van der Waals surface area (Å²) >= 11 is 1.17. The number of likely N-dealkylation sites (N-methyl/N-ethyl adjacent to an activating group) is 1. The highest BCUT2D eigenvalue weighted by Gasteiger charge is 2.15. The minimum Gasteiger partial charge on any atom is -0.476 e. The molecule has 0 amide bonds. The molecule has 1 N–H and O–H groups in total. The summed E-state index contributed by atoms with van der Waals surface area (Å²) < 4.78 is 5.11. The smallest absolute Gasteiger partial charge is 0.365 e. The van der Waals surface area contributed by atoms with E-state index in [1.165, 1.54) is 11.3 Å². The van der Waals surface area contributed by atoms with Crippen molar-refractivity contribution in [1.29, 1.82) is 0 Å². The van der Waals surface area contributed by atoms with Gasteiger partial charge in [-0.3, -0.25) is 4.90 Å². The summed E-state index contributed by atoms with van der Waals surface area (Å²) in [6, 6.07) is 0.292. The van der Waals surface area contributed by atoms with Crippen molar-refractivity contribution in [3.8, 4) is 0 Å². The van der Waals surface area contributed by atoms with Gasteiger partial charge in [0, 0.05) is 25.1 Å². The summed E-state index contributed by atoms with van der Waals surface area (Å²) in [6.45, 7) is 6.34. The highest BCUT2D eigenvalue weighted by Crippen LogP contribution is 2.13. The van der Waals surface area contributed by atoms with Crippen LogP contribution in [0.3, 0.4) is 0 Å². The number of carbonyl (C=O) groups is 1. The van der Waals surface area contributed by atoms with Gasteiger partial charge < -0.3 is 9.84 Å². The zero-order chi connectivity index (χ0) is 12.8. The zero-order valence-electron chi connectivity index (χ0n) is 10.3. The molecule has 0 saturated heterocycles. The Morgan fingerprint density at radius 2 is 2.41 bits per heavy atom. The molecule has 17 heavy (non-hydrogen) atoms. The van der Waals surface area contributed by atoms with Gasteiger partial charge >= 0.3 is 5.97 Å². The van der Waals surface area contributed by atoms with Crippen LogP contribution in [-0.2, 0) is 11.3 Å². The molecule has 1 heterocycles. The van der Waals surface area contributed by atoms with E-state index >= 15 is 0 Å². The Balaban J connectivity index is 2.63. The van der Waals surface area contributed by atoms with Crippen LogP contribution in [0, 0.1) is 0 Å². The van der Waals surface area contributed by atoms with E-state index in [-0.39, 0.29) is 5.01 Å². The number of carboxylic acid groups (broad SMARTS) is 1. The third-order valence-electron chi connectivity index (χ3n) is 2.54. The molecule has 0 aliphatic rings. The molecule has 1 aromatic rings. The number of thiazole rings is 1. The van der Waals surface area contributed by atoms with Gasteiger partial charge in [-0.25, -0.2) is 9.78 Å². The quantitative estimate of drug-likeness (QED) is 0.806. The Hall–Kier alpha value is -0.980. The van der Waals surface area contributed by atoms with Crippen molar-refractivity contribution in [2.75, 3.05) is 20.3 Å². The molecule has 1 unspecified atom stereocenters. The third kappa shape index (κ3) is 4.07. The first-order valence-electron chi connectivity index (χ1n) is 5.49. The molecule has 5 nitrogen and oxygen atoms in total. The van der Waals surface area contributed by atoms with Crippen LogP contribution < -0.4 is 0 Å². The van der Waals surface area contributed by atoms with Crippen molar-refractivity contribution in [1.82, 2.24) is 9.88 Å². The van der Waals surface area contributed by atoms with Crippen LogP contribution in [0.15, 0.2) is 5.38 Å². The van der Waals surface area contributed by atoms with Crippen LogP contribution in [-0.4, -0.2) is 47.3 Å². The van der Waals surface area contributed by atoms with Gasteiger partial charge in [-0.15, -0.1) is 11.3 Å². The maximum absolute atomic E-state index is 10.7. The number of aromatic carboxylic acids is 1. The van der Waals surface area contributed by atoms with E-state index in [1.54, 1.807) is 12.5 Å². The normalized spacial score (nSPS) is 12.9. The van der Waals surface area contributed by atoms with E-state index in [2.05, 4.69) is 23.7 Å². The fraction of sp³-hybridized carbons (Fsp3) is 0.636. The van der Waals surface area contributed by atoms with Crippen LogP contribution in [0.1, 0.15) is 29.3 Å². The van der Waals surface area contributed by atoms with Gasteiger partial charge in [0.2, 0.25) is 5.01 Å². The number of nitrogens with zero attached hydrogens (tertiary/aromatic N) is 2. The lowest BCUT2D eigenvalue weighted by molar-refractivity contribution is 0.0695. The number of ether oxygens (including phenoxy) is 1. The Bertz CT molecular complexity index is 367. The SMILES string of the molecule is CCN(Cc1csc(C(=O)O)n1)C(C)COC. The summed E-state index contributed by atoms with van der Waals surface area (Å²) in [5.74, 6) is -0.964. The topological polar surface area (TPSA) is 62.7 Å². The van der Waals surface area contributed by atoms with Crippen LogP contribution in [0.2, 0.25) is 0 Å². The molecule has 0 bridgehead atoms. The lowest BCUT2D eigenvalue weighted by atomic mass is 10.3. The molecular formula is C11H18N2O3S. The molecule has 1 rings (SSSR count). The van der Waals surface area contributed by atoms with Crippen molar-refractivity contribution in [3.63, 3.8) is 0 Å². The number of methoxy groups -OCH3 is 1. The highest BCUT2D eigenvalue weighted by molar-refractivity contribution is 7.11. The third-order valence-corrected chi connectivity index (χ3v) is 3.42. The fourth-order valence-corrected chi connectivity index (χ4v) is 2.26. The summed E-state index contributed by atoms with van der Waals surface area (Å²) in [5.41, 5.74) is 0.803. The molecular weight excluding hydrogens is 240 g/mol. The van der Waals surface area contributed by atoms with Crippen molar-refractivity contribution in [3.05, 3.63) is 16.1 Å². The van der Waals surface area contributed by atoms with Crippen molar-refractivity contribution in [2.24, 2.45) is 0 Å². The zero-order valence-corrected chi connectivity index (χ0v) is 11.2. The first-order valence-corrected chi connectivity index (χ1v) is 6.37. The lowest BCUT2D eigenvalue weighted by Gasteiger charge is -2.26. The first-order chi connectivity index (χ1) is 8.08. The predicted molar refractivity (Wildman–Crippen MR) is 66.5 cm³/mol. The standard InChI is InChI=1S/C11H18N2O3S/c1-4-13(8(2)6-16-3)5-9-7-17-10(12-9)11(14)15/h7-8H,4-6H2,1-3H3,(H,14,15). The number of hydrogen-bond donors (Lipinski definition) is 1. The van der Waals surface area contributed by atoms with Crippen LogP contribution in [0.25, 0.3) is 0 Å². The van der Waals surface area contributed by atoms with Gasteiger partial charge in [-0.1, -0.05) is 6.92 Å². The van der Waals surface area contributed by atoms with Crippen molar-refractivity contribution < 1.29 is 14.6 Å². The Morgan fingerprint density at radius 1 is 1.71 bits per heavy atom. The second kappa shape index (κ2) is 6.68. The average molecular weight is 258 g/mol. The van der Waals surface area contributed by atoms with E-state index in [0.29, 0.717) is 19.2 Å². The molecule has 1 atom stereocenters. The molecule has 0 aliphatic carbocycles. The summed E-state index contributed by atoms with van der Waals surface area (Å²) in [6.07, 6.45) is 0. The average Bonchev–Trinajstić information content (AvgIpc) is 2.74. The number of carboxylic acids is 1. The largest absolute Gasteiger partial charge is 0.476 e. The van der Waals surface area contributed by atoms with Crippen molar-refractivity contribution in [2.45, 2.75) is 26.4 Å². The minimum absolute atomic E-state index is 0.149. The Morgan fingerprint density at radius 3 is 2.88 bits per heavy atom. The molecule has 0 aromatic carbocycles. The fourth-order valence-electron chi connectivity index (χ4n) is 1.61. The van der Waals surface area contributed by atoms with E-state index in [1.807, 2.05) is 0 Å². The molecule has 0 radical (unpaired) electrons. The Labute approximate surface area is 105 Å². The van der Waals surface area contributed by atoms with E-state index in [4.69, 9.17) is 9.84 Å². The summed E-state index contributed by atoms with van der Waals surface area (Å²) in [7, 11) is 1.68. The molecule has 6 heteroatoms. The molecule has 96 valence electrons. The van der Waals surface area contributed by atoms with Crippen molar-refractivity contribution >= 4 is 17.3 Å². The Kier molecular flexibility index (Phi) is 5.54. The molecule has 0 spiro atoms. The molecule has 0 saturated carbocycles. The van der Waals surface area contributed by atoms with Gasteiger partial charge in [-0.2, -0.15) is 0 Å². The van der Waals surface area contributed by atoms with Crippen LogP contribution in [0.4, 0.5) is 0 Å². The molecule has 0 fully saturated rings. The van der Waals surface area contributed by atoms with Gasteiger partial charge in [0.15, 0.2) is 0 Å². The minimum atomic E-state index is -0.964.